The van der Waals surface area contributed by atoms with Crippen molar-refractivity contribution < 1.29 is 18.0 Å². The fourth-order valence-electron chi connectivity index (χ4n) is 3.15. The maximum Gasteiger partial charge on any atom is 0.393 e. The Morgan fingerprint density at radius 1 is 1.33 bits per heavy atom. The molecule has 1 aromatic carbocycles. The fraction of sp³-hybridized carbons (Fsp3) is 0.412. The van der Waals surface area contributed by atoms with E-state index >= 15 is 0 Å². The van der Waals surface area contributed by atoms with Crippen molar-refractivity contribution in [2.75, 3.05) is 20.1 Å². The van der Waals surface area contributed by atoms with E-state index in [0.717, 1.165) is 16.5 Å². The molecule has 3 rings (SSSR count). The molecular formula is C17H18F3N3O. The minimum atomic E-state index is -4.36. The van der Waals surface area contributed by atoms with Crippen molar-refractivity contribution in [1.82, 2.24) is 15.2 Å². The number of carbonyl (C=O) groups is 1. The van der Waals surface area contributed by atoms with E-state index in [9.17, 15) is 18.0 Å². The van der Waals surface area contributed by atoms with Gasteiger partial charge < -0.3 is 10.2 Å². The lowest BCUT2D eigenvalue weighted by Gasteiger charge is -2.20. The van der Waals surface area contributed by atoms with Gasteiger partial charge in [-0.05, 0) is 30.8 Å². The van der Waals surface area contributed by atoms with Crippen molar-refractivity contribution in [1.29, 1.82) is 0 Å². The van der Waals surface area contributed by atoms with Gasteiger partial charge in [-0.15, -0.1) is 0 Å². The summed E-state index contributed by atoms with van der Waals surface area (Å²) in [6, 6.07) is 9.24. The second-order valence-electron chi connectivity index (χ2n) is 6.22. The van der Waals surface area contributed by atoms with E-state index in [1.54, 1.807) is 18.1 Å². The minimum Gasteiger partial charge on any atom is -0.352 e. The number of hydrogen-bond acceptors (Lipinski definition) is 3. The van der Waals surface area contributed by atoms with Gasteiger partial charge in [-0.3, -0.25) is 9.78 Å². The van der Waals surface area contributed by atoms with Gasteiger partial charge in [0.1, 0.15) is 0 Å². The lowest BCUT2D eigenvalue weighted by molar-refractivity contribution is -0.183. The SMILES string of the molecule is CN1C[C@@H](C(F)(F)F)[C@H](C(=O)NCc2ccc3ncccc3c2)C1. The molecule has 2 heterocycles. The van der Waals surface area contributed by atoms with Gasteiger partial charge in [0.2, 0.25) is 5.91 Å². The summed E-state index contributed by atoms with van der Waals surface area (Å²) in [4.78, 5) is 18.0. The molecule has 1 aliphatic rings. The molecule has 1 N–H and O–H groups in total. The molecule has 2 aromatic rings. The molecule has 1 amide bonds. The summed E-state index contributed by atoms with van der Waals surface area (Å²) in [5.41, 5.74) is 1.67. The number of fused-ring (bicyclic) bond motifs is 1. The summed E-state index contributed by atoms with van der Waals surface area (Å²) in [6.45, 7) is 0.190. The Labute approximate surface area is 137 Å². The lowest BCUT2D eigenvalue weighted by atomic mass is 9.94. The van der Waals surface area contributed by atoms with Crippen LogP contribution < -0.4 is 5.32 Å². The van der Waals surface area contributed by atoms with Crippen LogP contribution in [0.3, 0.4) is 0 Å². The number of amides is 1. The number of hydrogen-bond donors (Lipinski definition) is 1. The Balaban J connectivity index is 1.67. The van der Waals surface area contributed by atoms with Gasteiger partial charge in [0.25, 0.3) is 0 Å². The first-order valence-corrected chi connectivity index (χ1v) is 7.71. The number of alkyl halides is 3. The predicted octanol–water partition coefficient (Wildman–Crippen LogP) is 2.59. The van der Waals surface area contributed by atoms with E-state index in [2.05, 4.69) is 10.3 Å². The van der Waals surface area contributed by atoms with Crippen LogP contribution in [0.25, 0.3) is 10.9 Å². The lowest BCUT2D eigenvalue weighted by Crippen LogP contribution is -2.39. The Morgan fingerprint density at radius 3 is 2.88 bits per heavy atom. The van der Waals surface area contributed by atoms with Crippen LogP contribution in [0.4, 0.5) is 13.2 Å². The number of aromatic nitrogens is 1. The van der Waals surface area contributed by atoms with E-state index in [0.29, 0.717) is 0 Å². The van der Waals surface area contributed by atoms with Crippen molar-refractivity contribution in [2.24, 2.45) is 11.8 Å². The first kappa shape index (κ1) is 16.7. The molecule has 1 aromatic heterocycles. The van der Waals surface area contributed by atoms with Crippen LogP contribution in [0.15, 0.2) is 36.5 Å². The highest BCUT2D eigenvalue weighted by Gasteiger charge is 2.51. The van der Waals surface area contributed by atoms with Gasteiger partial charge in [0.15, 0.2) is 0 Å². The summed E-state index contributed by atoms with van der Waals surface area (Å²) < 4.78 is 39.2. The maximum absolute atomic E-state index is 13.1. The fourth-order valence-corrected chi connectivity index (χ4v) is 3.15. The molecule has 2 atom stereocenters. The topological polar surface area (TPSA) is 45.2 Å². The zero-order chi connectivity index (χ0) is 17.3. The molecule has 128 valence electrons. The molecule has 0 spiro atoms. The summed E-state index contributed by atoms with van der Waals surface area (Å²) >= 11 is 0. The molecule has 4 nitrogen and oxygen atoms in total. The van der Waals surface area contributed by atoms with Gasteiger partial charge in [-0.2, -0.15) is 13.2 Å². The van der Waals surface area contributed by atoms with E-state index in [1.165, 1.54) is 0 Å². The minimum absolute atomic E-state index is 0.123. The van der Waals surface area contributed by atoms with Gasteiger partial charge in [0, 0.05) is 31.2 Å². The second kappa shape index (κ2) is 6.39. The Morgan fingerprint density at radius 2 is 2.12 bits per heavy atom. The molecule has 0 saturated carbocycles. The van der Waals surface area contributed by atoms with Crippen LogP contribution in [0.2, 0.25) is 0 Å². The average Bonchev–Trinajstić information content (AvgIpc) is 2.95. The smallest absolute Gasteiger partial charge is 0.352 e. The monoisotopic (exact) mass is 337 g/mol. The number of rotatable bonds is 3. The molecule has 1 saturated heterocycles. The summed E-state index contributed by atoms with van der Waals surface area (Å²) in [5.74, 6) is -3.21. The quantitative estimate of drug-likeness (QED) is 0.936. The van der Waals surface area contributed by atoms with Crippen molar-refractivity contribution in [2.45, 2.75) is 12.7 Å². The highest BCUT2D eigenvalue weighted by molar-refractivity contribution is 5.81. The van der Waals surface area contributed by atoms with Gasteiger partial charge in [-0.1, -0.05) is 12.1 Å². The normalized spacial score (nSPS) is 22.0. The van der Waals surface area contributed by atoms with Crippen molar-refractivity contribution in [3.8, 4) is 0 Å². The maximum atomic E-state index is 13.1. The van der Waals surface area contributed by atoms with E-state index in [4.69, 9.17) is 0 Å². The number of carbonyl (C=O) groups excluding carboxylic acids is 1. The van der Waals surface area contributed by atoms with E-state index in [-0.39, 0.29) is 19.6 Å². The van der Waals surface area contributed by atoms with Gasteiger partial charge >= 0.3 is 6.18 Å². The highest BCUT2D eigenvalue weighted by atomic mass is 19.4. The molecule has 0 bridgehead atoms. The van der Waals surface area contributed by atoms with Crippen molar-refractivity contribution in [3.05, 3.63) is 42.1 Å². The van der Waals surface area contributed by atoms with Gasteiger partial charge in [-0.25, -0.2) is 0 Å². The van der Waals surface area contributed by atoms with Crippen LogP contribution in [0, 0.1) is 11.8 Å². The van der Waals surface area contributed by atoms with Crippen LogP contribution in [-0.4, -0.2) is 42.1 Å². The Hall–Kier alpha value is -2.15. The van der Waals surface area contributed by atoms with Crippen LogP contribution in [0.1, 0.15) is 5.56 Å². The number of pyridine rings is 1. The van der Waals surface area contributed by atoms with E-state index < -0.39 is 23.9 Å². The largest absolute Gasteiger partial charge is 0.393 e. The van der Waals surface area contributed by atoms with E-state index in [1.807, 2.05) is 30.3 Å². The molecule has 24 heavy (non-hydrogen) atoms. The molecule has 7 heteroatoms. The first-order valence-electron chi connectivity index (χ1n) is 7.71. The zero-order valence-electron chi connectivity index (χ0n) is 13.2. The summed E-state index contributed by atoms with van der Waals surface area (Å²) in [6.07, 6.45) is -2.67. The summed E-state index contributed by atoms with van der Waals surface area (Å²) in [5, 5.41) is 3.57. The number of halogens is 3. The first-order chi connectivity index (χ1) is 11.3. The Bertz CT molecular complexity index is 747. The average molecular weight is 337 g/mol. The number of nitrogens with one attached hydrogen (secondary N) is 1. The molecular weight excluding hydrogens is 319 g/mol. The zero-order valence-corrected chi connectivity index (χ0v) is 13.2. The number of nitrogens with zero attached hydrogens (tertiary/aromatic N) is 2. The Kier molecular flexibility index (Phi) is 4.45. The van der Waals surface area contributed by atoms with Crippen molar-refractivity contribution >= 4 is 16.8 Å². The molecule has 0 radical (unpaired) electrons. The molecule has 0 aliphatic carbocycles. The standard InChI is InChI=1S/C17H18F3N3O/c1-23-9-13(14(10-23)17(18,19)20)16(24)22-8-11-4-5-15-12(7-11)3-2-6-21-15/h2-7,13-14H,8-10H2,1H3,(H,22,24)/t13-,14-/m1/s1. The molecule has 0 unspecified atom stereocenters. The number of likely N-dealkylation sites (tertiary alicyclic amines) is 1. The second-order valence-corrected chi connectivity index (χ2v) is 6.22. The molecule has 1 aliphatic heterocycles. The van der Waals surface area contributed by atoms with Crippen LogP contribution in [0.5, 0.6) is 0 Å². The third-order valence-electron chi connectivity index (χ3n) is 4.39. The van der Waals surface area contributed by atoms with Crippen LogP contribution >= 0.6 is 0 Å². The summed E-state index contributed by atoms with van der Waals surface area (Å²) in [7, 11) is 1.60. The van der Waals surface area contributed by atoms with Crippen LogP contribution in [-0.2, 0) is 11.3 Å². The van der Waals surface area contributed by atoms with Gasteiger partial charge in [0.05, 0.1) is 17.4 Å². The third kappa shape index (κ3) is 3.51. The van der Waals surface area contributed by atoms with Crippen molar-refractivity contribution in [3.63, 3.8) is 0 Å². The number of benzene rings is 1. The molecule has 1 fully saturated rings. The highest BCUT2D eigenvalue weighted by Crippen LogP contribution is 2.37. The third-order valence-corrected chi connectivity index (χ3v) is 4.39. The predicted molar refractivity (Wildman–Crippen MR) is 84.1 cm³/mol.